The normalized spacial score (nSPS) is 10.4. The Labute approximate surface area is 95.9 Å². The van der Waals surface area contributed by atoms with Crippen LogP contribution in [-0.2, 0) is 13.1 Å². The van der Waals surface area contributed by atoms with E-state index in [0.29, 0.717) is 13.1 Å². The van der Waals surface area contributed by atoms with E-state index < -0.39 is 0 Å². The molecule has 0 saturated heterocycles. The molecule has 0 radical (unpaired) electrons. The maximum Gasteiger partial charge on any atom is 0.0184 e. The van der Waals surface area contributed by atoms with Crippen molar-refractivity contribution in [2.24, 2.45) is 11.5 Å². The summed E-state index contributed by atoms with van der Waals surface area (Å²) < 4.78 is 0. The van der Waals surface area contributed by atoms with Crippen LogP contribution in [0.3, 0.4) is 0 Å². The second-order valence-electron chi connectivity index (χ2n) is 3.72. The van der Waals surface area contributed by atoms with Crippen LogP contribution in [0.4, 0.5) is 0 Å². The van der Waals surface area contributed by atoms with E-state index in [4.69, 9.17) is 11.5 Å². The van der Waals surface area contributed by atoms with E-state index in [2.05, 4.69) is 24.3 Å². The Hall–Kier alpha value is -1.64. The fraction of sp³-hybridized carbons (Fsp3) is 0.143. The molecule has 0 saturated carbocycles. The molecule has 0 bridgehead atoms. The highest BCUT2D eigenvalue weighted by atomic mass is 14.5. The number of hydrogen-bond donors (Lipinski definition) is 2. The summed E-state index contributed by atoms with van der Waals surface area (Å²) >= 11 is 0. The first-order valence-corrected chi connectivity index (χ1v) is 5.43. The summed E-state index contributed by atoms with van der Waals surface area (Å²) in [6.45, 7) is 1.10. The van der Waals surface area contributed by atoms with Crippen LogP contribution >= 0.6 is 0 Å². The minimum atomic E-state index is 0.551. The highest BCUT2D eigenvalue weighted by molar-refractivity contribution is 5.70. The third kappa shape index (κ3) is 1.98. The molecule has 4 N–H and O–H groups in total. The van der Waals surface area contributed by atoms with E-state index >= 15 is 0 Å². The molecule has 0 aromatic heterocycles. The molecular formula is C14H16N2. The van der Waals surface area contributed by atoms with Crippen LogP contribution in [0.25, 0.3) is 11.1 Å². The Balaban J connectivity index is 2.58. The minimum absolute atomic E-state index is 0.551. The topological polar surface area (TPSA) is 52.0 Å². The first-order chi connectivity index (χ1) is 7.86. The number of benzene rings is 2. The van der Waals surface area contributed by atoms with Crippen LogP contribution in [0.1, 0.15) is 11.1 Å². The summed E-state index contributed by atoms with van der Waals surface area (Å²) in [6.07, 6.45) is 0. The molecule has 0 aliphatic rings. The number of nitrogens with two attached hydrogens (primary N) is 2. The van der Waals surface area contributed by atoms with Gasteiger partial charge in [0.25, 0.3) is 0 Å². The molecule has 0 amide bonds. The smallest absolute Gasteiger partial charge is 0.0184 e. The van der Waals surface area contributed by atoms with Crippen molar-refractivity contribution < 1.29 is 0 Å². The van der Waals surface area contributed by atoms with Crippen LogP contribution in [0.5, 0.6) is 0 Å². The molecule has 0 aliphatic heterocycles. The van der Waals surface area contributed by atoms with Crippen LogP contribution in [-0.4, -0.2) is 0 Å². The second kappa shape index (κ2) is 4.92. The summed E-state index contributed by atoms with van der Waals surface area (Å²) in [7, 11) is 0. The first-order valence-electron chi connectivity index (χ1n) is 5.43. The van der Waals surface area contributed by atoms with Gasteiger partial charge in [-0.1, -0.05) is 48.5 Å². The lowest BCUT2D eigenvalue weighted by Gasteiger charge is -2.11. The van der Waals surface area contributed by atoms with Gasteiger partial charge in [0.2, 0.25) is 0 Å². The van der Waals surface area contributed by atoms with Gasteiger partial charge in [-0.05, 0) is 22.3 Å². The molecule has 0 heterocycles. The Morgan fingerprint density at radius 3 is 1.38 bits per heavy atom. The zero-order valence-corrected chi connectivity index (χ0v) is 9.19. The minimum Gasteiger partial charge on any atom is -0.326 e. The van der Waals surface area contributed by atoms with Crippen molar-refractivity contribution >= 4 is 0 Å². The predicted molar refractivity (Wildman–Crippen MR) is 67.7 cm³/mol. The molecule has 82 valence electrons. The zero-order chi connectivity index (χ0) is 11.4. The standard InChI is InChI=1S/C14H16N2/c15-9-11-5-1-3-7-13(11)14-8-4-2-6-12(14)10-16/h1-8H,9-10,15-16H2. The van der Waals surface area contributed by atoms with E-state index in [-0.39, 0.29) is 0 Å². The quantitative estimate of drug-likeness (QED) is 0.820. The summed E-state index contributed by atoms with van der Waals surface area (Å²) in [5.41, 5.74) is 16.2. The molecule has 0 aliphatic carbocycles. The predicted octanol–water partition coefficient (Wildman–Crippen LogP) is 2.27. The van der Waals surface area contributed by atoms with E-state index in [9.17, 15) is 0 Å². The van der Waals surface area contributed by atoms with Crippen molar-refractivity contribution in [3.63, 3.8) is 0 Å². The van der Waals surface area contributed by atoms with Crippen LogP contribution in [0, 0.1) is 0 Å². The molecule has 16 heavy (non-hydrogen) atoms. The van der Waals surface area contributed by atoms with E-state index in [1.54, 1.807) is 0 Å². The van der Waals surface area contributed by atoms with Crippen LogP contribution < -0.4 is 11.5 Å². The molecule has 0 atom stereocenters. The maximum absolute atomic E-state index is 5.75. The van der Waals surface area contributed by atoms with Gasteiger partial charge < -0.3 is 11.5 Å². The average molecular weight is 212 g/mol. The van der Waals surface area contributed by atoms with E-state index in [1.165, 1.54) is 11.1 Å². The van der Waals surface area contributed by atoms with E-state index in [1.807, 2.05) is 24.3 Å². The largest absolute Gasteiger partial charge is 0.326 e. The molecule has 2 aromatic rings. The Bertz CT molecular complexity index is 432. The van der Waals surface area contributed by atoms with E-state index in [0.717, 1.165) is 11.1 Å². The Morgan fingerprint density at radius 1 is 0.625 bits per heavy atom. The van der Waals surface area contributed by atoms with Crippen molar-refractivity contribution in [1.82, 2.24) is 0 Å². The SMILES string of the molecule is NCc1ccccc1-c1ccccc1CN. The lowest BCUT2D eigenvalue weighted by molar-refractivity contribution is 1.05. The maximum atomic E-state index is 5.75. The third-order valence-electron chi connectivity index (χ3n) is 2.76. The van der Waals surface area contributed by atoms with Crippen molar-refractivity contribution in [3.05, 3.63) is 59.7 Å². The fourth-order valence-electron chi connectivity index (χ4n) is 1.92. The van der Waals surface area contributed by atoms with Gasteiger partial charge in [-0.15, -0.1) is 0 Å². The first kappa shape index (κ1) is 10.9. The highest BCUT2D eigenvalue weighted by Gasteiger charge is 2.06. The summed E-state index contributed by atoms with van der Waals surface area (Å²) in [5, 5.41) is 0. The molecular weight excluding hydrogens is 196 g/mol. The molecule has 2 nitrogen and oxygen atoms in total. The molecule has 0 unspecified atom stereocenters. The lowest BCUT2D eigenvalue weighted by atomic mass is 9.95. The summed E-state index contributed by atoms with van der Waals surface area (Å²) in [6, 6.07) is 16.4. The van der Waals surface area contributed by atoms with Gasteiger partial charge in [-0.3, -0.25) is 0 Å². The van der Waals surface area contributed by atoms with Gasteiger partial charge >= 0.3 is 0 Å². The van der Waals surface area contributed by atoms with Crippen molar-refractivity contribution in [2.45, 2.75) is 13.1 Å². The van der Waals surface area contributed by atoms with Gasteiger partial charge in [0.1, 0.15) is 0 Å². The molecule has 2 rings (SSSR count). The molecule has 0 spiro atoms. The number of hydrogen-bond acceptors (Lipinski definition) is 2. The summed E-state index contributed by atoms with van der Waals surface area (Å²) in [4.78, 5) is 0. The third-order valence-corrected chi connectivity index (χ3v) is 2.76. The van der Waals surface area contributed by atoms with Gasteiger partial charge in [0.05, 0.1) is 0 Å². The lowest BCUT2D eigenvalue weighted by Crippen LogP contribution is -2.02. The molecule has 2 aromatic carbocycles. The van der Waals surface area contributed by atoms with Crippen molar-refractivity contribution in [1.29, 1.82) is 0 Å². The summed E-state index contributed by atoms with van der Waals surface area (Å²) in [5.74, 6) is 0. The Morgan fingerprint density at radius 2 is 1.00 bits per heavy atom. The van der Waals surface area contributed by atoms with Crippen LogP contribution in [0.2, 0.25) is 0 Å². The van der Waals surface area contributed by atoms with Crippen molar-refractivity contribution in [3.8, 4) is 11.1 Å². The van der Waals surface area contributed by atoms with Gasteiger partial charge in [-0.2, -0.15) is 0 Å². The highest BCUT2D eigenvalue weighted by Crippen LogP contribution is 2.26. The van der Waals surface area contributed by atoms with Gasteiger partial charge in [0.15, 0.2) is 0 Å². The molecule has 0 fully saturated rings. The van der Waals surface area contributed by atoms with Crippen molar-refractivity contribution in [2.75, 3.05) is 0 Å². The monoisotopic (exact) mass is 212 g/mol. The number of rotatable bonds is 3. The fourth-order valence-corrected chi connectivity index (χ4v) is 1.92. The van der Waals surface area contributed by atoms with Gasteiger partial charge in [0, 0.05) is 13.1 Å². The second-order valence-corrected chi connectivity index (χ2v) is 3.72. The van der Waals surface area contributed by atoms with Crippen LogP contribution in [0.15, 0.2) is 48.5 Å². The van der Waals surface area contributed by atoms with Gasteiger partial charge in [-0.25, -0.2) is 0 Å². The average Bonchev–Trinajstić information content (AvgIpc) is 2.38. The Kier molecular flexibility index (Phi) is 3.34. The zero-order valence-electron chi connectivity index (χ0n) is 9.19. The molecule has 2 heteroatoms.